The summed E-state index contributed by atoms with van der Waals surface area (Å²) in [5.41, 5.74) is 0.172. The second kappa shape index (κ2) is 6.34. The van der Waals surface area contributed by atoms with Gasteiger partial charge in [-0.1, -0.05) is 0 Å². The van der Waals surface area contributed by atoms with Crippen molar-refractivity contribution in [2.75, 3.05) is 12.4 Å². The van der Waals surface area contributed by atoms with Crippen molar-refractivity contribution in [1.82, 2.24) is 0 Å². The molecule has 0 saturated heterocycles. The van der Waals surface area contributed by atoms with E-state index in [2.05, 4.69) is 5.32 Å². The Kier molecular flexibility index (Phi) is 4.52. The van der Waals surface area contributed by atoms with Crippen molar-refractivity contribution >= 4 is 23.1 Å². The molecule has 1 aliphatic rings. The fourth-order valence-electron chi connectivity index (χ4n) is 2.29. The molecule has 1 N–H and O–H groups in total. The van der Waals surface area contributed by atoms with Crippen molar-refractivity contribution in [2.45, 2.75) is 31.8 Å². The third-order valence-electron chi connectivity index (χ3n) is 3.45. The Morgan fingerprint density at radius 2 is 2.19 bits per heavy atom. The summed E-state index contributed by atoms with van der Waals surface area (Å²) < 4.78 is 5.17. The molecule has 1 aliphatic carbocycles. The molecule has 1 aromatic carbocycles. The van der Waals surface area contributed by atoms with E-state index in [4.69, 9.17) is 4.74 Å². The van der Waals surface area contributed by atoms with E-state index in [-0.39, 0.29) is 17.0 Å². The standard InChI is InChI=1S/C14H16N2O5/c1-15-10-7-6-9(8-11(10)16(19)20)14(18)21-13-5-3-2-4-12(13)17/h6-8,13,15H,2-5H2,1H3/t13-/m0/s1. The average Bonchev–Trinajstić information content (AvgIpc) is 2.48. The third-order valence-corrected chi connectivity index (χ3v) is 3.45. The smallest absolute Gasteiger partial charge is 0.339 e. The first-order valence-electron chi connectivity index (χ1n) is 6.73. The Bertz CT molecular complexity index is 585. The fourth-order valence-corrected chi connectivity index (χ4v) is 2.29. The zero-order valence-electron chi connectivity index (χ0n) is 11.6. The van der Waals surface area contributed by atoms with Crippen LogP contribution < -0.4 is 5.32 Å². The van der Waals surface area contributed by atoms with Crippen LogP contribution in [-0.2, 0) is 9.53 Å². The van der Waals surface area contributed by atoms with E-state index >= 15 is 0 Å². The first-order valence-corrected chi connectivity index (χ1v) is 6.73. The van der Waals surface area contributed by atoms with Crippen LogP contribution in [0, 0.1) is 10.1 Å². The van der Waals surface area contributed by atoms with E-state index in [0.29, 0.717) is 18.5 Å². The van der Waals surface area contributed by atoms with Crippen molar-refractivity contribution in [2.24, 2.45) is 0 Å². The number of carbonyl (C=O) groups is 2. The molecular formula is C14H16N2O5. The van der Waals surface area contributed by atoms with Crippen molar-refractivity contribution < 1.29 is 19.2 Å². The number of ether oxygens (including phenoxy) is 1. The first kappa shape index (κ1) is 15.0. The van der Waals surface area contributed by atoms with E-state index < -0.39 is 17.0 Å². The lowest BCUT2D eigenvalue weighted by Crippen LogP contribution is -2.30. The molecule has 7 nitrogen and oxygen atoms in total. The van der Waals surface area contributed by atoms with Gasteiger partial charge >= 0.3 is 5.97 Å². The molecule has 1 atom stereocenters. The summed E-state index contributed by atoms with van der Waals surface area (Å²) in [6.07, 6.45) is 1.85. The predicted molar refractivity (Wildman–Crippen MR) is 75.3 cm³/mol. The number of esters is 1. The number of nitrogens with zero attached hydrogens (tertiary/aromatic N) is 1. The van der Waals surface area contributed by atoms with Gasteiger partial charge in [0.1, 0.15) is 5.69 Å². The highest BCUT2D eigenvalue weighted by molar-refractivity contribution is 5.94. The molecule has 0 amide bonds. The van der Waals surface area contributed by atoms with Crippen LogP contribution in [0.1, 0.15) is 36.0 Å². The fraction of sp³-hybridized carbons (Fsp3) is 0.429. The summed E-state index contributed by atoms with van der Waals surface area (Å²) >= 11 is 0. The maximum Gasteiger partial charge on any atom is 0.339 e. The van der Waals surface area contributed by atoms with Gasteiger partial charge in [-0.05, 0) is 31.4 Å². The maximum atomic E-state index is 12.0. The summed E-state index contributed by atoms with van der Waals surface area (Å²) in [5, 5.41) is 13.6. The zero-order chi connectivity index (χ0) is 15.4. The number of anilines is 1. The molecule has 0 bridgehead atoms. The molecule has 2 rings (SSSR count). The largest absolute Gasteiger partial charge is 0.451 e. The van der Waals surface area contributed by atoms with E-state index in [0.717, 1.165) is 18.9 Å². The van der Waals surface area contributed by atoms with Crippen LogP contribution >= 0.6 is 0 Å². The Morgan fingerprint density at radius 1 is 1.43 bits per heavy atom. The molecule has 0 spiro atoms. The molecule has 21 heavy (non-hydrogen) atoms. The average molecular weight is 292 g/mol. The quantitative estimate of drug-likeness (QED) is 0.519. The lowest BCUT2D eigenvalue weighted by Gasteiger charge is -2.20. The number of Topliss-reactive ketones (excluding diaryl/α,β-unsaturated/α-hetero) is 1. The van der Waals surface area contributed by atoms with Crippen LogP contribution in [0.2, 0.25) is 0 Å². The van der Waals surface area contributed by atoms with Crippen molar-refractivity contribution in [3.05, 3.63) is 33.9 Å². The summed E-state index contributed by atoms with van der Waals surface area (Å²) in [5.74, 6) is -0.794. The molecule has 0 aromatic heterocycles. The molecule has 0 radical (unpaired) electrons. The van der Waals surface area contributed by atoms with Crippen LogP contribution in [0.3, 0.4) is 0 Å². The van der Waals surface area contributed by atoms with E-state index in [9.17, 15) is 19.7 Å². The lowest BCUT2D eigenvalue weighted by molar-refractivity contribution is -0.384. The lowest BCUT2D eigenvalue weighted by atomic mass is 9.96. The molecule has 1 aromatic rings. The highest BCUT2D eigenvalue weighted by atomic mass is 16.6. The zero-order valence-corrected chi connectivity index (χ0v) is 11.6. The number of benzene rings is 1. The summed E-state index contributed by atoms with van der Waals surface area (Å²) in [4.78, 5) is 34.0. The Morgan fingerprint density at radius 3 is 2.81 bits per heavy atom. The molecule has 7 heteroatoms. The number of hydrogen-bond acceptors (Lipinski definition) is 6. The minimum atomic E-state index is -0.728. The van der Waals surface area contributed by atoms with Gasteiger partial charge in [-0.15, -0.1) is 0 Å². The van der Waals surface area contributed by atoms with Gasteiger partial charge in [-0.25, -0.2) is 4.79 Å². The molecule has 1 fully saturated rings. The number of nitro groups is 1. The number of nitro benzene ring substituents is 1. The molecule has 0 unspecified atom stereocenters. The highest BCUT2D eigenvalue weighted by Crippen LogP contribution is 2.26. The second-order valence-corrected chi connectivity index (χ2v) is 4.85. The van der Waals surface area contributed by atoms with Crippen molar-refractivity contribution in [3.8, 4) is 0 Å². The van der Waals surface area contributed by atoms with Crippen molar-refractivity contribution in [1.29, 1.82) is 0 Å². The van der Waals surface area contributed by atoms with Crippen LogP contribution in [-0.4, -0.2) is 29.8 Å². The van der Waals surface area contributed by atoms with E-state index in [1.807, 2.05) is 0 Å². The maximum absolute atomic E-state index is 12.0. The van der Waals surface area contributed by atoms with Crippen LogP contribution in [0.15, 0.2) is 18.2 Å². The minimum Gasteiger partial charge on any atom is -0.451 e. The van der Waals surface area contributed by atoms with Gasteiger partial charge in [0.25, 0.3) is 5.69 Å². The Labute approximate surface area is 121 Å². The van der Waals surface area contributed by atoms with Gasteiger partial charge < -0.3 is 10.1 Å². The monoisotopic (exact) mass is 292 g/mol. The summed E-state index contributed by atoms with van der Waals surface area (Å²) in [6, 6.07) is 4.04. The van der Waals surface area contributed by atoms with Crippen molar-refractivity contribution in [3.63, 3.8) is 0 Å². The van der Waals surface area contributed by atoms with Gasteiger partial charge in [0.2, 0.25) is 0 Å². The number of nitrogens with one attached hydrogen (secondary N) is 1. The minimum absolute atomic E-state index is 0.0686. The van der Waals surface area contributed by atoms with Crippen LogP contribution in [0.4, 0.5) is 11.4 Å². The normalized spacial score (nSPS) is 18.1. The number of ketones is 1. The molecule has 0 heterocycles. The van der Waals surface area contributed by atoms with Crippen LogP contribution in [0.25, 0.3) is 0 Å². The van der Waals surface area contributed by atoms with Gasteiger partial charge in [-0.3, -0.25) is 14.9 Å². The second-order valence-electron chi connectivity index (χ2n) is 4.85. The third kappa shape index (κ3) is 3.36. The molecule has 112 valence electrons. The van der Waals surface area contributed by atoms with Gasteiger partial charge in [0, 0.05) is 19.5 Å². The molecular weight excluding hydrogens is 276 g/mol. The predicted octanol–water partition coefficient (Wildman–Crippen LogP) is 2.30. The Hall–Kier alpha value is -2.44. The highest BCUT2D eigenvalue weighted by Gasteiger charge is 2.27. The Balaban J connectivity index is 2.17. The summed E-state index contributed by atoms with van der Waals surface area (Å²) in [6.45, 7) is 0. The molecule has 1 saturated carbocycles. The number of hydrogen-bond donors (Lipinski definition) is 1. The number of rotatable bonds is 4. The summed E-state index contributed by atoms with van der Waals surface area (Å²) in [7, 11) is 1.56. The van der Waals surface area contributed by atoms with Gasteiger partial charge in [-0.2, -0.15) is 0 Å². The van der Waals surface area contributed by atoms with Gasteiger partial charge in [0.15, 0.2) is 11.9 Å². The molecule has 0 aliphatic heterocycles. The van der Waals surface area contributed by atoms with E-state index in [1.54, 1.807) is 7.05 Å². The van der Waals surface area contributed by atoms with Gasteiger partial charge in [0.05, 0.1) is 10.5 Å². The first-order chi connectivity index (χ1) is 10.0. The van der Waals surface area contributed by atoms with Crippen LogP contribution in [0.5, 0.6) is 0 Å². The topological polar surface area (TPSA) is 98.5 Å². The number of carbonyl (C=O) groups excluding carboxylic acids is 2. The SMILES string of the molecule is CNc1ccc(C(=O)O[C@H]2CCCCC2=O)cc1[N+](=O)[O-]. The van der Waals surface area contributed by atoms with E-state index in [1.165, 1.54) is 12.1 Å².